The van der Waals surface area contributed by atoms with Crippen molar-refractivity contribution < 1.29 is 17.9 Å². The van der Waals surface area contributed by atoms with Gasteiger partial charge in [-0.1, -0.05) is 18.6 Å². The van der Waals surface area contributed by atoms with Crippen LogP contribution < -0.4 is 10.1 Å². The minimum Gasteiger partial charge on any atom is -0.497 e. The molecule has 7 nitrogen and oxygen atoms in total. The maximum atomic E-state index is 13.0. The van der Waals surface area contributed by atoms with Gasteiger partial charge in [-0.05, 0) is 56.2 Å². The SMILES string of the molecule is COc1cccc(-c2csc(NC(=O)c3ccc(S(=O)(=O)N4CCCCC4C)cc3)n2)c1. The number of aromatic nitrogens is 1. The van der Waals surface area contributed by atoms with Crippen molar-refractivity contribution in [3.8, 4) is 17.0 Å². The largest absolute Gasteiger partial charge is 0.497 e. The zero-order valence-corrected chi connectivity index (χ0v) is 19.6. The highest BCUT2D eigenvalue weighted by atomic mass is 32.2. The van der Waals surface area contributed by atoms with Crippen molar-refractivity contribution in [1.82, 2.24) is 9.29 Å². The van der Waals surface area contributed by atoms with Crippen molar-refractivity contribution in [2.75, 3.05) is 19.0 Å². The first-order chi connectivity index (χ1) is 15.4. The highest BCUT2D eigenvalue weighted by Gasteiger charge is 2.30. The fourth-order valence-electron chi connectivity index (χ4n) is 3.76. The van der Waals surface area contributed by atoms with E-state index in [-0.39, 0.29) is 16.8 Å². The van der Waals surface area contributed by atoms with E-state index < -0.39 is 10.0 Å². The summed E-state index contributed by atoms with van der Waals surface area (Å²) in [6.07, 6.45) is 2.78. The Balaban J connectivity index is 1.46. The smallest absolute Gasteiger partial charge is 0.257 e. The predicted molar refractivity (Wildman–Crippen MR) is 126 cm³/mol. The van der Waals surface area contributed by atoms with Crippen LogP contribution in [0.5, 0.6) is 5.75 Å². The van der Waals surface area contributed by atoms with Crippen molar-refractivity contribution in [3.05, 3.63) is 59.5 Å². The van der Waals surface area contributed by atoms with Crippen molar-refractivity contribution >= 4 is 32.4 Å². The van der Waals surface area contributed by atoms with E-state index in [1.807, 2.05) is 36.6 Å². The minimum absolute atomic E-state index is 0.0135. The van der Waals surface area contributed by atoms with Gasteiger partial charge in [-0.2, -0.15) is 4.31 Å². The van der Waals surface area contributed by atoms with Gasteiger partial charge < -0.3 is 4.74 Å². The van der Waals surface area contributed by atoms with E-state index in [4.69, 9.17) is 4.74 Å². The molecule has 1 unspecified atom stereocenters. The summed E-state index contributed by atoms with van der Waals surface area (Å²) in [4.78, 5) is 17.3. The molecule has 1 atom stereocenters. The second-order valence-electron chi connectivity index (χ2n) is 7.71. The first-order valence-corrected chi connectivity index (χ1v) is 12.7. The lowest BCUT2D eigenvalue weighted by atomic mass is 10.1. The normalized spacial score (nSPS) is 17.1. The Hall–Kier alpha value is -2.75. The van der Waals surface area contributed by atoms with Crippen LogP contribution in [0.3, 0.4) is 0 Å². The van der Waals surface area contributed by atoms with Crippen molar-refractivity contribution in [3.63, 3.8) is 0 Å². The summed E-state index contributed by atoms with van der Waals surface area (Å²) in [5.74, 6) is 0.391. The quantitative estimate of drug-likeness (QED) is 0.566. The third kappa shape index (κ3) is 4.69. The number of rotatable bonds is 6. The monoisotopic (exact) mass is 471 g/mol. The lowest BCUT2D eigenvalue weighted by Crippen LogP contribution is -2.41. The van der Waals surface area contributed by atoms with Gasteiger partial charge in [0.2, 0.25) is 10.0 Å². The van der Waals surface area contributed by atoms with Gasteiger partial charge in [-0.15, -0.1) is 11.3 Å². The van der Waals surface area contributed by atoms with Gasteiger partial charge in [-0.25, -0.2) is 13.4 Å². The number of amides is 1. The highest BCUT2D eigenvalue weighted by molar-refractivity contribution is 7.89. The third-order valence-corrected chi connectivity index (χ3v) is 8.34. The summed E-state index contributed by atoms with van der Waals surface area (Å²) in [6, 6.07) is 13.6. The maximum absolute atomic E-state index is 13.0. The number of hydrogen-bond acceptors (Lipinski definition) is 6. The lowest BCUT2D eigenvalue weighted by molar-refractivity contribution is 0.102. The lowest BCUT2D eigenvalue weighted by Gasteiger charge is -2.32. The second-order valence-corrected chi connectivity index (χ2v) is 10.5. The number of sulfonamides is 1. The van der Waals surface area contributed by atoms with E-state index in [0.29, 0.717) is 17.2 Å². The number of anilines is 1. The molecule has 0 radical (unpaired) electrons. The Morgan fingerprint density at radius 3 is 2.69 bits per heavy atom. The average molecular weight is 472 g/mol. The van der Waals surface area contributed by atoms with Crippen molar-refractivity contribution in [1.29, 1.82) is 0 Å². The van der Waals surface area contributed by atoms with Crippen molar-refractivity contribution in [2.24, 2.45) is 0 Å². The Kier molecular flexibility index (Phi) is 6.59. The molecule has 9 heteroatoms. The van der Waals surface area contributed by atoms with Crippen LogP contribution in [0.4, 0.5) is 5.13 Å². The molecular weight excluding hydrogens is 446 g/mol. The summed E-state index contributed by atoms with van der Waals surface area (Å²) < 4.78 is 32.7. The topological polar surface area (TPSA) is 88.6 Å². The van der Waals surface area contributed by atoms with Gasteiger partial charge in [0.25, 0.3) is 5.91 Å². The third-order valence-electron chi connectivity index (χ3n) is 5.56. The summed E-state index contributed by atoms with van der Waals surface area (Å²) in [5, 5.41) is 5.11. The molecule has 0 aliphatic carbocycles. The van der Waals surface area contributed by atoms with E-state index in [2.05, 4.69) is 10.3 Å². The number of methoxy groups -OCH3 is 1. The molecule has 1 N–H and O–H groups in total. The van der Waals surface area contributed by atoms with Crippen LogP contribution in [0.2, 0.25) is 0 Å². The van der Waals surface area contributed by atoms with Crippen LogP contribution in [-0.4, -0.2) is 43.3 Å². The van der Waals surface area contributed by atoms with Gasteiger partial charge in [0, 0.05) is 29.1 Å². The Bertz CT molecular complexity index is 1210. The first-order valence-electron chi connectivity index (χ1n) is 10.4. The summed E-state index contributed by atoms with van der Waals surface area (Å²) in [6.45, 7) is 2.47. The van der Waals surface area contributed by atoms with Gasteiger partial charge in [0.1, 0.15) is 5.75 Å². The zero-order valence-electron chi connectivity index (χ0n) is 17.9. The number of nitrogens with one attached hydrogen (secondary N) is 1. The molecule has 1 amide bonds. The highest BCUT2D eigenvalue weighted by Crippen LogP contribution is 2.28. The molecule has 1 aromatic heterocycles. The molecule has 1 aliphatic heterocycles. The van der Waals surface area contributed by atoms with E-state index in [1.165, 1.54) is 35.6 Å². The average Bonchev–Trinajstić information content (AvgIpc) is 3.28. The van der Waals surface area contributed by atoms with Crippen LogP contribution in [0, 0.1) is 0 Å². The molecule has 168 valence electrons. The molecule has 0 spiro atoms. The number of carbonyl (C=O) groups is 1. The number of carbonyl (C=O) groups excluding carboxylic acids is 1. The zero-order chi connectivity index (χ0) is 22.7. The van der Waals surface area contributed by atoms with Crippen LogP contribution in [-0.2, 0) is 10.0 Å². The Morgan fingerprint density at radius 2 is 1.97 bits per heavy atom. The van der Waals surface area contributed by atoms with E-state index in [9.17, 15) is 13.2 Å². The standard InChI is InChI=1S/C23H25N3O4S2/c1-16-6-3-4-13-26(16)32(28,29)20-11-9-17(10-12-20)22(27)25-23-24-21(15-31-23)18-7-5-8-19(14-18)30-2/h5,7-12,14-16H,3-4,6,13H2,1-2H3,(H,24,25,27). The van der Waals surface area contributed by atoms with Crippen LogP contribution in [0.25, 0.3) is 11.3 Å². The molecule has 0 saturated carbocycles. The van der Waals surface area contributed by atoms with Crippen LogP contribution >= 0.6 is 11.3 Å². The molecule has 1 fully saturated rings. The van der Waals surface area contributed by atoms with E-state index in [0.717, 1.165) is 36.3 Å². The molecule has 4 rings (SSSR count). The molecule has 0 bridgehead atoms. The first kappa shape index (κ1) is 22.4. The predicted octanol–water partition coefficient (Wildman–Crippen LogP) is 4.63. The number of hydrogen-bond donors (Lipinski definition) is 1. The van der Waals surface area contributed by atoms with Gasteiger partial charge in [-0.3, -0.25) is 10.1 Å². The summed E-state index contributed by atoms with van der Waals surface area (Å²) in [7, 11) is -1.96. The number of nitrogens with zero attached hydrogens (tertiary/aromatic N) is 2. The van der Waals surface area contributed by atoms with Gasteiger partial charge >= 0.3 is 0 Å². The van der Waals surface area contributed by atoms with Gasteiger partial charge in [0.05, 0.1) is 17.7 Å². The molecule has 2 aromatic carbocycles. The maximum Gasteiger partial charge on any atom is 0.257 e. The Morgan fingerprint density at radius 1 is 1.19 bits per heavy atom. The molecule has 32 heavy (non-hydrogen) atoms. The molecule has 1 aliphatic rings. The summed E-state index contributed by atoms with van der Waals surface area (Å²) in [5.41, 5.74) is 2.00. The summed E-state index contributed by atoms with van der Waals surface area (Å²) >= 11 is 1.32. The molecule has 1 saturated heterocycles. The van der Waals surface area contributed by atoms with Crippen LogP contribution in [0.1, 0.15) is 36.5 Å². The number of thiazole rings is 1. The van der Waals surface area contributed by atoms with Crippen molar-refractivity contribution in [2.45, 2.75) is 37.1 Å². The minimum atomic E-state index is -3.56. The Labute approximate surface area is 192 Å². The second kappa shape index (κ2) is 9.40. The molecule has 3 aromatic rings. The van der Waals surface area contributed by atoms with E-state index in [1.54, 1.807) is 11.4 Å². The fourth-order valence-corrected chi connectivity index (χ4v) is 6.17. The number of ether oxygens (including phenoxy) is 1. The van der Waals surface area contributed by atoms with E-state index >= 15 is 0 Å². The fraction of sp³-hybridized carbons (Fsp3) is 0.304. The number of benzene rings is 2. The molecular formula is C23H25N3O4S2. The number of piperidine rings is 1. The van der Waals surface area contributed by atoms with Gasteiger partial charge in [0.15, 0.2) is 5.13 Å². The van der Waals surface area contributed by atoms with Crippen LogP contribution in [0.15, 0.2) is 58.8 Å². The molecule has 2 heterocycles.